The van der Waals surface area contributed by atoms with Gasteiger partial charge in [-0.1, -0.05) is 19.1 Å². The molecule has 1 aromatic carbocycles. The molecule has 0 aliphatic carbocycles. The van der Waals surface area contributed by atoms with Crippen molar-refractivity contribution in [1.29, 1.82) is 0 Å². The fraction of sp³-hybridized carbons (Fsp3) is 0.357. The summed E-state index contributed by atoms with van der Waals surface area (Å²) >= 11 is 0. The second-order valence-electron chi connectivity index (χ2n) is 4.36. The molecule has 0 amide bonds. The largest absolute Gasteiger partial charge is 0.382 e. The normalized spacial score (nSPS) is 11.0. The van der Waals surface area contributed by atoms with Crippen LogP contribution in [0.4, 0.5) is 5.69 Å². The average molecular weight is 214 g/mol. The summed E-state index contributed by atoms with van der Waals surface area (Å²) in [5.41, 5.74) is 3.58. The molecule has 2 aromatic rings. The monoisotopic (exact) mass is 214 g/mol. The van der Waals surface area contributed by atoms with Gasteiger partial charge in [-0.15, -0.1) is 0 Å². The van der Waals surface area contributed by atoms with E-state index in [2.05, 4.69) is 49.3 Å². The predicted molar refractivity (Wildman–Crippen MR) is 69.9 cm³/mol. The Labute approximate surface area is 96.7 Å². The zero-order valence-electron chi connectivity index (χ0n) is 10.1. The molecule has 1 N–H and O–H groups in total. The number of hydrogen-bond acceptors (Lipinski definition) is 2. The van der Waals surface area contributed by atoms with Gasteiger partial charge < -0.3 is 5.32 Å². The first-order chi connectivity index (χ1) is 7.70. The highest BCUT2D eigenvalue weighted by molar-refractivity contribution is 5.91. The summed E-state index contributed by atoms with van der Waals surface area (Å²) in [6.45, 7) is 6.46. The van der Waals surface area contributed by atoms with Gasteiger partial charge in [-0.25, -0.2) is 0 Å². The van der Waals surface area contributed by atoms with Crippen molar-refractivity contribution >= 4 is 16.6 Å². The molecule has 0 saturated heterocycles. The van der Waals surface area contributed by atoms with Crippen LogP contribution in [0.3, 0.4) is 0 Å². The highest BCUT2D eigenvalue weighted by atomic mass is 14.9. The average Bonchev–Trinajstić information content (AvgIpc) is 2.28. The molecule has 1 aromatic heterocycles. The number of nitrogens with one attached hydrogen (secondary N) is 1. The maximum absolute atomic E-state index is 4.42. The van der Waals surface area contributed by atoms with Crippen LogP contribution in [0, 0.1) is 0 Å². The molecule has 0 radical (unpaired) electrons. The molecule has 0 spiro atoms. The van der Waals surface area contributed by atoms with Crippen molar-refractivity contribution in [3.63, 3.8) is 0 Å². The topological polar surface area (TPSA) is 24.9 Å². The number of anilines is 1. The van der Waals surface area contributed by atoms with Gasteiger partial charge in [-0.05, 0) is 38.0 Å². The van der Waals surface area contributed by atoms with Crippen LogP contribution in [0.5, 0.6) is 0 Å². The summed E-state index contributed by atoms with van der Waals surface area (Å²) in [4.78, 5) is 4.42. The maximum Gasteiger partial charge on any atom is 0.0725 e. The lowest BCUT2D eigenvalue weighted by atomic mass is 10.1. The van der Waals surface area contributed by atoms with Crippen molar-refractivity contribution in [2.45, 2.75) is 33.2 Å². The molecular weight excluding hydrogens is 196 g/mol. The summed E-state index contributed by atoms with van der Waals surface area (Å²) in [5, 5.41) is 4.65. The fourth-order valence-electron chi connectivity index (χ4n) is 1.85. The van der Waals surface area contributed by atoms with E-state index in [9.17, 15) is 0 Å². The van der Waals surface area contributed by atoms with Gasteiger partial charge in [0.2, 0.25) is 0 Å². The number of nitrogens with zero attached hydrogens (tertiary/aromatic N) is 1. The Morgan fingerprint density at radius 2 is 2.06 bits per heavy atom. The molecular formula is C14H18N2. The minimum Gasteiger partial charge on any atom is -0.382 e. The zero-order valence-corrected chi connectivity index (χ0v) is 10.1. The molecule has 84 valence electrons. The number of aryl methyl sites for hydroxylation is 1. The van der Waals surface area contributed by atoms with Crippen LogP contribution in [0.15, 0.2) is 30.5 Å². The van der Waals surface area contributed by atoms with Crippen molar-refractivity contribution in [1.82, 2.24) is 4.98 Å². The molecule has 0 unspecified atom stereocenters. The number of fused-ring (bicyclic) bond motifs is 1. The molecule has 0 atom stereocenters. The van der Waals surface area contributed by atoms with Crippen molar-refractivity contribution in [3.8, 4) is 0 Å². The molecule has 0 aliphatic heterocycles. The SMILES string of the molecule is CCc1ccc2c(NC(C)C)ccnc2c1. The number of rotatable bonds is 3. The van der Waals surface area contributed by atoms with Crippen molar-refractivity contribution in [2.75, 3.05) is 5.32 Å². The van der Waals surface area contributed by atoms with Gasteiger partial charge in [0.15, 0.2) is 0 Å². The Morgan fingerprint density at radius 1 is 1.25 bits per heavy atom. The molecule has 0 bridgehead atoms. The standard InChI is InChI=1S/C14H18N2/c1-4-11-5-6-12-13(16-10(2)3)7-8-15-14(12)9-11/h5-10H,4H2,1-3H3,(H,15,16). The Hall–Kier alpha value is -1.57. The van der Waals surface area contributed by atoms with E-state index in [1.807, 2.05) is 12.3 Å². The Bertz CT molecular complexity index is 489. The zero-order chi connectivity index (χ0) is 11.5. The van der Waals surface area contributed by atoms with Crippen LogP contribution in [-0.4, -0.2) is 11.0 Å². The van der Waals surface area contributed by atoms with E-state index in [1.54, 1.807) is 0 Å². The van der Waals surface area contributed by atoms with Gasteiger partial charge in [0, 0.05) is 23.3 Å². The molecule has 16 heavy (non-hydrogen) atoms. The molecule has 0 aliphatic rings. The summed E-state index contributed by atoms with van der Waals surface area (Å²) in [6, 6.07) is 8.98. The molecule has 2 nitrogen and oxygen atoms in total. The first-order valence-corrected chi connectivity index (χ1v) is 5.85. The van der Waals surface area contributed by atoms with Crippen LogP contribution < -0.4 is 5.32 Å². The smallest absolute Gasteiger partial charge is 0.0725 e. The molecule has 2 heteroatoms. The highest BCUT2D eigenvalue weighted by Crippen LogP contribution is 2.23. The fourth-order valence-corrected chi connectivity index (χ4v) is 1.85. The minimum atomic E-state index is 0.441. The maximum atomic E-state index is 4.42. The summed E-state index contributed by atoms with van der Waals surface area (Å²) in [5.74, 6) is 0. The van der Waals surface area contributed by atoms with Gasteiger partial charge in [0.1, 0.15) is 0 Å². The molecule has 0 fully saturated rings. The van der Waals surface area contributed by atoms with Crippen molar-refractivity contribution in [3.05, 3.63) is 36.0 Å². The van der Waals surface area contributed by atoms with Crippen molar-refractivity contribution < 1.29 is 0 Å². The van der Waals surface area contributed by atoms with E-state index in [0.29, 0.717) is 6.04 Å². The number of aromatic nitrogens is 1. The third kappa shape index (κ3) is 2.16. The van der Waals surface area contributed by atoms with Gasteiger partial charge in [-0.2, -0.15) is 0 Å². The lowest BCUT2D eigenvalue weighted by Gasteiger charge is -2.12. The second-order valence-corrected chi connectivity index (χ2v) is 4.36. The van der Waals surface area contributed by atoms with Crippen molar-refractivity contribution in [2.24, 2.45) is 0 Å². The quantitative estimate of drug-likeness (QED) is 0.844. The first kappa shape index (κ1) is 10.9. The van der Waals surface area contributed by atoms with E-state index in [4.69, 9.17) is 0 Å². The first-order valence-electron chi connectivity index (χ1n) is 5.85. The summed E-state index contributed by atoms with van der Waals surface area (Å²) in [7, 11) is 0. The van der Waals surface area contributed by atoms with E-state index < -0.39 is 0 Å². The number of hydrogen-bond donors (Lipinski definition) is 1. The van der Waals surface area contributed by atoms with E-state index in [-0.39, 0.29) is 0 Å². The Balaban J connectivity index is 2.51. The summed E-state index contributed by atoms with van der Waals surface area (Å²) < 4.78 is 0. The van der Waals surface area contributed by atoms with Gasteiger partial charge in [0.25, 0.3) is 0 Å². The van der Waals surface area contributed by atoms with E-state index in [0.717, 1.165) is 11.9 Å². The van der Waals surface area contributed by atoms with E-state index in [1.165, 1.54) is 16.6 Å². The number of benzene rings is 1. The Kier molecular flexibility index (Phi) is 3.09. The lowest BCUT2D eigenvalue weighted by Crippen LogP contribution is -2.10. The van der Waals surface area contributed by atoms with Crippen LogP contribution in [0.25, 0.3) is 10.9 Å². The minimum absolute atomic E-state index is 0.441. The predicted octanol–water partition coefficient (Wildman–Crippen LogP) is 3.62. The molecule has 2 rings (SSSR count). The third-order valence-electron chi connectivity index (χ3n) is 2.66. The molecule has 0 saturated carbocycles. The molecule has 1 heterocycles. The summed E-state index contributed by atoms with van der Waals surface area (Å²) in [6.07, 6.45) is 2.92. The van der Waals surface area contributed by atoms with Crippen LogP contribution in [0.1, 0.15) is 26.3 Å². The van der Waals surface area contributed by atoms with Crippen LogP contribution >= 0.6 is 0 Å². The van der Waals surface area contributed by atoms with E-state index >= 15 is 0 Å². The lowest BCUT2D eigenvalue weighted by molar-refractivity contribution is 0.901. The number of pyridine rings is 1. The van der Waals surface area contributed by atoms with Gasteiger partial charge >= 0.3 is 0 Å². The third-order valence-corrected chi connectivity index (χ3v) is 2.66. The van der Waals surface area contributed by atoms with Crippen LogP contribution in [0.2, 0.25) is 0 Å². The van der Waals surface area contributed by atoms with Gasteiger partial charge in [0.05, 0.1) is 5.52 Å². The highest BCUT2D eigenvalue weighted by Gasteiger charge is 2.03. The second kappa shape index (κ2) is 4.52. The van der Waals surface area contributed by atoms with Gasteiger partial charge in [-0.3, -0.25) is 4.98 Å². The Morgan fingerprint density at radius 3 is 2.75 bits per heavy atom. The van der Waals surface area contributed by atoms with Crippen LogP contribution in [-0.2, 0) is 6.42 Å².